The number of alkyl halides is 1. The lowest BCUT2D eigenvalue weighted by atomic mass is 9.62. The van der Waals surface area contributed by atoms with E-state index < -0.39 is 11.6 Å². The minimum atomic E-state index is -0.956. The van der Waals surface area contributed by atoms with Crippen molar-refractivity contribution >= 4 is 17.3 Å². The van der Waals surface area contributed by atoms with Gasteiger partial charge in [-0.2, -0.15) is 4.98 Å². The van der Waals surface area contributed by atoms with E-state index in [1.54, 1.807) is 29.4 Å². The molecule has 0 amide bonds. The SMILES string of the molecule is C[C@H](Oc1cc(-n2ccnc2)nc(C(N)=C2CCC[C@@]3(CCCCC3=O)C2=O)n1)[C@@H]1C[C@@H](F)CN1C. The van der Waals surface area contributed by atoms with Crippen LogP contribution in [0.15, 0.2) is 30.4 Å². The zero-order chi connectivity index (χ0) is 25.4. The number of rotatable bonds is 5. The first-order valence-corrected chi connectivity index (χ1v) is 12.7. The molecule has 9 nitrogen and oxygen atoms in total. The molecule has 36 heavy (non-hydrogen) atoms. The number of halogens is 1. The molecule has 1 spiro atoms. The molecular weight excluding hydrogens is 463 g/mol. The van der Waals surface area contributed by atoms with Gasteiger partial charge in [0.05, 0.1) is 11.1 Å². The summed E-state index contributed by atoms with van der Waals surface area (Å²) >= 11 is 0. The van der Waals surface area contributed by atoms with Gasteiger partial charge in [-0.3, -0.25) is 19.1 Å². The molecule has 0 aromatic carbocycles. The fourth-order valence-electron chi connectivity index (χ4n) is 5.97. The van der Waals surface area contributed by atoms with Crippen LogP contribution >= 0.6 is 0 Å². The highest BCUT2D eigenvalue weighted by atomic mass is 19.1. The number of aromatic nitrogens is 4. The van der Waals surface area contributed by atoms with Crippen LogP contribution in [0.2, 0.25) is 0 Å². The third kappa shape index (κ3) is 4.42. The smallest absolute Gasteiger partial charge is 0.219 e. The maximum absolute atomic E-state index is 14.0. The van der Waals surface area contributed by atoms with Crippen LogP contribution in [-0.4, -0.2) is 67.9 Å². The second-order valence-corrected chi connectivity index (χ2v) is 10.3. The first kappa shape index (κ1) is 24.5. The second-order valence-electron chi connectivity index (χ2n) is 10.3. The van der Waals surface area contributed by atoms with E-state index in [2.05, 4.69) is 15.0 Å². The molecule has 1 saturated heterocycles. The number of Topliss-reactive ketones (excluding diaryl/α,β-unsaturated/α-hetero) is 2. The minimum Gasteiger partial charge on any atom is -0.473 e. The lowest BCUT2D eigenvalue weighted by Crippen LogP contribution is -2.45. The maximum atomic E-state index is 14.0. The number of allylic oxidation sites excluding steroid dienone is 1. The molecular formula is C26H33FN6O3. The molecule has 3 heterocycles. The second kappa shape index (κ2) is 9.72. The molecule has 3 fully saturated rings. The number of hydrogen-bond donors (Lipinski definition) is 1. The van der Waals surface area contributed by atoms with Gasteiger partial charge < -0.3 is 10.5 Å². The number of nitrogens with two attached hydrogens (primary N) is 1. The van der Waals surface area contributed by atoms with Gasteiger partial charge in [-0.15, -0.1) is 0 Å². The Hall–Kier alpha value is -3.14. The van der Waals surface area contributed by atoms with Gasteiger partial charge >= 0.3 is 0 Å². The van der Waals surface area contributed by atoms with Gasteiger partial charge in [-0.1, -0.05) is 6.42 Å². The monoisotopic (exact) mass is 496 g/mol. The van der Waals surface area contributed by atoms with Crippen LogP contribution < -0.4 is 10.5 Å². The van der Waals surface area contributed by atoms with Crippen LogP contribution in [-0.2, 0) is 9.59 Å². The Morgan fingerprint density at radius 1 is 1.22 bits per heavy atom. The molecule has 2 aromatic heterocycles. The molecule has 0 bridgehead atoms. The molecule has 2 N–H and O–H groups in total. The van der Waals surface area contributed by atoms with Crippen LogP contribution in [0.1, 0.15) is 64.1 Å². The highest BCUT2D eigenvalue weighted by Crippen LogP contribution is 2.45. The summed E-state index contributed by atoms with van der Waals surface area (Å²) in [5.41, 5.74) is 6.21. The van der Waals surface area contributed by atoms with Gasteiger partial charge in [0.25, 0.3) is 0 Å². The predicted molar refractivity (Wildman–Crippen MR) is 131 cm³/mol. The molecule has 2 aliphatic carbocycles. The summed E-state index contributed by atoms with van der Waals surface area (Å²) in [5, 5.41) is 0. The lowest BCUT2D eigenvalue weighted by molar-refractivity contribution is -0.143. The fourth-order valence-corrected chi connectivity index (χ4v) is 5.97. The van der Waals surface area contributed by atoms with Crippen LogP contribution in [0.3, 0.4) is 0 Å². The Kier molecular flexibility index (Phi) is 6.63. The van der Waals surface area contributed by atoms with E-state index in [1.165, 1.54) is 0 Å². The largest absolute Gasteiger partial charge is 0.473 e. The lowest BCUT2D eigenvalue weighted by Gasteiger charge is -2.38. The van der Waals surface area contributed by atoms with Crippen LogP contribution in [0.25, 0.3) is 11.5 Å². The van der Waals surface area contributed by atoms with E-state index in [0.29, 0.717) is 56.5 Å². The Bertz CT molecular complexity index is 1180. The molecule has 2 aromatic rings. The zero-order valence-electron chi connectivity index (χ0n) is 20.8. The van der Waals surface area contributed by atoms with Crippen LogP contribution in [0.5, 0.6) is 5.88 Å². The van der Waals surface area contributed by atoms with Crippen molar-refractivity contribution in [1.82, 2.24) is 24.4 Å². The summed E-state index contributed by atoms with van der Waals surface area (Å²) < 4.78 is 21.8. The average Bonchev–Trinajstić information content (AvgIpc) is 3.51. The topological polar surface area (TPSA) is 116 Å². The fraction of sp³-hybridized carbons (Fsp3) is 0.577. The Labute approximate surface area is 209 Å². The van der Waals surface area contributed by atoms with Gasteiger partial charge in [-0.05, 0) is 52.5 Å². The Morgan fingerprint density at radius 2 is 2.03 bits per heavy atom. The summed E-state index contributed by atoms with van der Waals surface area (Å²) in [6.45, 7) is 2.26. The normalized spacial score (nSPS) is 29.5. The number of imidazole rings is 1. The highest BCUT2D eigenvalue weighted by Gasteiger charge is 2.49. The summed E-state index contributed by atoms with van der Waals surface area (Å²) in [6.07, 6.45) is 8.63. The highest BCUT2D eigenvalue weighted by molar-refractivity contribution is 6.17. The number of hydrogen-bond acceptors (Lipinski definition) is 8. The van der Waals surface area contributed by atoms with Crippen LogP contribution in [0.4, 0.5) is 4.39 Å². The molecule has 192 valence electrons. The quantitative estimate of drug-likeness (QED) is 0.496. The number of carbonyl (C=O) groups excluding carboxylic acids is 2. The van der Waals surface area contributed by atoms with Crippen LogP contribution in [0, 0.1) is 5.41 Å². The van der Waals surface area contributed by atoms with Crippen molar-refractivity contribution < 1.29 is 18.7 Å². The van der Waals surface area contributed by atoms with Gasteiger partial charge in [0.2, 0.25) is 5.88 Å². The first-order chi connectivity index (χ1) is 17.3. The van der Waals surface area contributed by atoms with Crippen molar-refractivity contribution in [2.24, 2.45) is 11.1 Å². The predicted octanol–water partition coefficient (Wildman–Crippen LogP) is 3.02. The molecule has 0 radical (unpaired) electrons. The van der Waals surface area contributed by atoms with Crippen molar-refractivity contribution in [3.05, 3.63) is 36.2 Å². The number of ketones is 2. The maximum Gasteiger partial charge on any atom is 0.219 e. The number of likely N-dealkylation sites (N-methyl/N-ethyl adjacent to an activating group) is 1. The number of carbonyl (C=O) groups is 2. The first-order valence-electron chi connectivity index (χ1n) is 12.7. The molecule has 3 aliphatic rings. The van der Waals surface area contributed by atoms with E-state index in [4.69, 9.17) is 10.5 Å². The molecule has 5 rings (SSSR count). The summed E-state index contributed by atoms with van der Waals surface area (Å²) in [4.78, 5) is 41.7. The Balaban J connectivity index is 1.51. The van der Waals surface area contributed by atoms with Gasteiger partial charge in [-0.25, -0.2) is 14.4 Å². The minimum absolute atomic E-state index is 0.0292. The van der Waals surface area contributed by atoms with Crippen molar-refractivity contribution in [1.29, 1.82) is 0 Å². The summed E-state index contributed by atoms with van der Waals surface area (Å²) in [5.74, 6) is 0.794. The van der Waals surface area contributed by atoms with Crippen molar-refractivity contribution in [3.8, 4) is 11.7 Å². The van der Waals surface area contributed by atoms with Gasteiger partial charge in [0, 0.05) is 43.0 Å². The molecule has 4 atom stereocenters. The van der Waals surface area contributed by atoms with Crippen molar-refractivity contribution in [2.45, 2.75) is 76.6 Å². The Morgan fingerprint density at radius 3 is 2.72 bits per heavy atom. The third-order valence-corrected chi connectivity index (χ3v) is 7.95. The van der Waals surface area contributed by atoms with Gasteiger partial charge in [0.15, 0.2) is 11.6 Å². The van der Waals surface area contributed by atoms with E-state index in [9.17, 15) is 14.0 Å². The average molecular weight is 497 g/mol. The summed E-state index contributed by atoms with van der Waals surface area (Å²) in [7, 11) is 1.88. The van der Waals surface area contributed by atoms with E-state index in [1.807, 2.05) is 18.9 Å². The van der Waals surface area contributed by atoms with E-state index in [-0.39, 0.29) is 41.1 Å². The molecule has 10 heteroatoms. The number of nitrogens with zero attached hydrogens (tertiary/aromatic N) is 5. The summed E-state index contributed by atoms with van der Waals surface area (Å²) in [6, 6.07) is 1.58. The number of likely N-dealkylation sites (tertiary alicyclic amines) is 1. The zero-order valence-corrected chi connectivity index (χ0v) is 20.8. The molecule has 2 saturated carbocycles. The van der Waals surface area contributed by atoms with Crippen molar-refractivity contribution in [2.75, 3.05) is 13.6 Å². The third-order valence-electron chi connectivity index (χ3n) is 7.95. The molecule has 0 unspecified atom stereocenters. The standard InChI is InChI=1S/C26H33FN6O3/c1-16(19-12-17(27)14-32(19)2)36-22-13-21(33-11-10-29-15-33)30-25(31-22)23(28)18-6-5-9-26(24(18)35)8-4-3-7-20(26)34/h10-11,13,15-17,19H,3-9,12,14,28H2,1-2H3/t16-,17+,19-,26+/m0/s1. The van der Waals surface area contributed by atoms with Gasteiger partial charge in [0.1, 0.15) is 30.2 Å². The van der Waals surface area contributed by atoms with E-state index >= 15 is 0 Å². The molecule has 1 aliphatic heterocycles. The van der Waals surface area contributed by atoms with Crippen molar-refractivity contribution in [3.63, 3.8) is 0 Å². The number of ether oxygens (including phenoxy) is 1. The van der Waals surface area contributed by atoms with E-state index in [0.717, 1.165) is 12.8 Å².